The number of hydrogen-bond acceptors (Lipinski definition) is 5. The molecule has 0 aliphatic rings. The largest absolute Gasteiger partial charge is 0.308 e. The van der Waals surface area contributed by atoms with Crippen molar-refractivity contribution in [2.75, 3.05) is 0 Å². The zero-order valence-corrected chi connectivity index (χ0v) is 32.1. The Labute approximate surface area is 335 Å². The molecule has 8 aromatic carbocycles. The van der Waals surface area contributed by atoms with Crippen molar-refractivity contribution < 1.29 is 0 Å². The van der Waals surface area contributed by atoms with Crippen LogP contribution in [0, 0.1) is 0 Å². The Morgan fingerprint density at radius 3 is 1.44 bits per heavy atom. The normalized spacial score (nSPS) is 11.9. The molecule has 0 spiro atoms. The Morgan fingerprint density at radius 1 is 0.333 bits per heavy atom. The van der Waals surface area contributed by atoms with Gasteiger partial charge in [-0.05, 0) is 35.9 Å². The second-order valence-electron chi connectivity index (χ2n) is 14.3. The number of para-hydroxylation sites is 2. The quantitative estimate of drug-likeness (QED) is 0.175. The summed E-state index contributed by atoms with van der Waals surface area (Å²) >= 11 is 3.72. The molecule has 4 heterocycles. The predicted octanol–water partition coefficient (Wildman–Crippen LogP) is 14.4. The van der Waals surface area contributed by atoms with Gasteiger partial charge in [-0.25, -0.2) is 15.0 Å². The van der Waals surface area contributed by atoms with Crippen LogP contribution in [0.4, 0.5) is 0 Å². The lowest BCUT2D eigenvalue weighted by Crippen LogP contribution is -2.00. The smallest absolute Gasteiger partial charge is 0.164 e. The number of rotatable bonds is 5. The van der Waals surface area contributed by atoms with Gasteiger partial charge in [0.1, 0.15) is 0 Å². The van der Waals surface area contributed by atoms with E-state index < -0.39 is 0 Å². The zero-order valence-electron chi connectivity index (χ0n) is 30.4. The molecule has 4 nitrogen and oxygen atoms in total. The average molecular weight is 763 g/mol. The topological polar surface area (TPSA) is 43.6 Å². The van der Waals surface area contributed by atoms with Crippen LogP contribution in [0.1, 0.15) is 0 Å². The molecular weight excluding hydrogens is 733 g/mol. The van der Waals surface area contributed by atoms with Crippen LogP contribution in [0.25, 0.3) is 113 Å². The van der Waals surface area contributed by atoms with Gasteiger partial charge in [0, 0.05) is 68.7 Å². The molecule has 0 amide bonds. The lowest BCUT2D eigenvalue weighted by Gasteiger charge is -2.10. The molecule has 4 aromatic heterocycles. The van der Waals surface area contributed by atoms with Crippen molar-refractivity contribution in [2.45, 2.75) is 0 Å². The first-order valence-corrected chi connectivity index (χ1v) is 20.7. The molecule has 0 bridgehead atoms. The number of thiophene rings is 2. The number of aromatic nitrogens is 4. The van der Waals surface area contributed by atoms with Crippen LogP contribution in [-0.4, -0.2) is 19.5 Å². The summed E-state index contributed by atoms with van der Waals surface area (Å²) in [5.74, 6) is 1.99. The summed E-state index contributed by atoms with van der Waals surface area (Å²) in [5.41, 5.74) is 9.05. The molecule has 0 saturated heterocycles. The van der Waals surface area contributed by atoms with E-state index in [9.17, 15) is 0 Å². The third kappa shape index (κ3) is 5.01. The molecule has 266 valence electrons. The molecular formula is C51H30N4S2. The fraction of sp³-hybridized carbons (Fsp3) is 0. The SMILES string of the molecule is c1ccc(-c2nc(-c3ccccc3)nc(-c3cccc4sc5c(-c6cccc7sc8c(-n9c%10ccccc%10c%10ccccc%109)cccc8c67)cccc5c34)n2)cc1. The maximum Gasteiger partial charge on any atom is 0.164 e. The minimum atomic E-state index is 0.660. The first-order valence-electron chi connectivity index (χ1n) is 19.0. The van der Waals surface area contributed by atoms with Crippen molar-refractivity contribution in [1.82, 2.24) is 19.5 Å². The van der Waals surface area contributed by atoms with Gasteiger partial charge < -0.3 is 4.57 Å². The summed E-state index contributed by atoms with van der Waals surface area (Å²) in [6.45, 7) is 0. The molecule has 0 radical (unpaired) electrons. The van der Waals surface area contributed by atoms with Gasteiger partial charge >= 0.3 is 0 Å². The van der Waals surface area contributed by atoms with Gasteiger partial charge in [-0.15, -0.1) is 22.7 Å². The van der Waals surface area contributed by atoms with Gasteiger partial charge in [-0.3, -0.25) is 0 Å². The van der Waals surface area contributed by atoms with Gasteiger partial charge in [-0.2, -0.15) is 0 Å². The van der Waals surface area contributed by atoms with Crippen LogP contribution >= 0.6 is 22.7 Å². The van der Waals surface area contributed by atoms with Gasteiger partial charge in [0.15, 0.2) is 17.5 Å². The molecule has 0 unspecified atom stereocenters. The summed E-state index contributed by atoms with van der Waals surface area (Å²) in [6.07, 6.45) is 0. The highest BCUT2D eigenvalue weighted by molar-refractivity contribution is 7.27. The predicted molar refractivity (Wildman–Crippen MR) is 242 cm³/mol. The number of nitrogens with zero attached hydrogens (tertiary/aromatic N) is 4. The fourth-order valence-corrected chi connectivity index (χ4v) is 11.1. The van der Waals surface area contributed by atoms with Crippen LogP contribution in [0.2, 0.25) is 0 Å². The van der Waals surface area contributed by atoms with Gasteiger partial charge in [0.2, 0.25) is 0 Å². The lowest BCUT2D eigenvalue weighted by atomic mass is 9.97. The van der Waals surface area contributed by atoms with Crippen LogP contribution in [0.5, 0.6) is 0 Å². The van der Waals surface area contributed by atoms with Crippen molar-refractivity contribution in [3.8, 4) is 51.0 Å². The van der Waals surface area contributed by atoms with Crippen LogP contribution in [0.15, 0.2) is 182 Å². The molecule has 0 fully saturated rings. The molecule has 6 heteroatoms. The summed E-state index contributed by atoms with van der Waals surface area (Å²) in [6, 6.07) is 64.7. The minimum Gasteiger partial charge on any atom is -0.308 e. The second-order valence-corrected chi connectivity index (χ2v) is 16.4. The number of fused-ring (bicyclic) bond motifs is 9. The maximum atomic E-state index is 5.13. The molecule has 12 aromatic rings. The highest BCUT2D eigenvalue weighted by Gasteiger charge is 2.21. The van der Waals surface area contributed by atoms with Gasteiger partial charge in [0.25, 0.3) is 0 Å². The van der Waals surface area contributed by atoms with E-state index in [-0.39, 0.29) is 0 Å². The maximum absolute atomic E-state index is 5.13. The Hall–Kier alpha value is -6.99. The summed E-state index contributed by atoms with van der Waals surface area (Å²) in [7, 11) is 0. The molecule has 0 saturated carbocycles. The minimum absolute atomic E-state index is 0.660. The molecule has 0 atom stereocenters. The monoisotopic (exact) mass is 762 g/mol. The molecule has 12 rings (SSSR count). The van der Waals surface area contributed by atoms with Crippen molar-refractivity contribution in [3.63, 3.8) is 0 Å². The Kier molecular flexibility index (Phi) is 7.24. The summed E-state index contributed by atoms with van der Waals surface area (Å²) in [5, 5.41) is 7.48. The van der Waals surface area contributed by atoms with Crippen LogP contribution in [0.3, 0.4) is 0 Å². The van der Waals surface area contributed by atoms with E-state index >= 15 is 0 Å². The average Bonchev–Trinajstić information content (AvgIpc) is 3.97. The summed E-state index contributed by atoms with van der Waals surface area (Å²) < 4.78 is 7.47. The van der Waals surface area contributed by atoms with E-state index in [1.54, 1.807) is 0 Å². The van der Waals surface area contributed by atoms with Crippen molar-refractivity contribution >= 4 is 84.8 Å². The van der Waals surface area contributed by atoms with Crippen LogP contribution < -0.4 is 0 Å². The first-order chi connectivity index (χ1) is 28.3. The Balaban J connectivity index is 1.08. The lowest BCUT2D eigenvalue weighted by molar-refractivity contribution is 1.08. The molecule has 57 heavy (non-hydrogen) atoms. The fourth-order valence-electron chi connectivity index (χ4n) is 8.59. The van der Waals surface area contributed by atoms with E-state index in [1.165, 1.54) is 79.0 Å². The highest BCUT2D eigenvalue weighted by Crippen LogP contribution is 2.48. The first kappa shape index (κ1) is 32.3. The van der Waals surface area contributed by atoms with Crippen LogP contribution in [-0.2, 0) is 0 Å². The van der Waals surface area contributed by atoms with E-state index in [0.717, 1.165) is 16.7 Å². The number of benzene rings is 8. The third-order valence-corrected chi connectivity index (χ3v) is 13.5. The van der Waals surface area contributed by atoms with Crippen molar-refractivity contribution in [1.29, 1.82) is 0 Å². The van der Waals surface area contributed by atoms with E-state index in [1.807, 2.05) is 59.1 Å². The van der Waals surface area contributed by atoms with Gasteiger partial charge in [0.05, 0.1) is 21.4 Å². The molecule has 0 aliphatic heterocycles. The molecule has 0 N–H and O–H groups in total. The van der Waals surface area contributed by atoms with E-state index in [2.05, 4.69) is 150 Å². The van der Waals surface area contributed by atoms with Crippen molar-refractivity contribution in [3.05, 3.63) is 182 Å². The number of hydrogen-bond donors (Lipinski definition) is 0. The van der Waals surface area contributed by atoms with E-state index in [4.69, 9.17) is 15.0 Å². The highest BCUT2D eigenvalue weighted by atomic mass is 32.1. The zero-order chi connectivity index (χ0) is 37.5. The van der Waals surface area contributed by atoms with E-state index in [0.29, 0.717) is 17.5 Å². The van der Waals surface area contributed by atoms with Crippen molar-refractivity contribution in [2.24, 2.45) is 0 Å². The van der Waals surface area contributed by atoms with Gasteiger partial charge in [-0.1, -0.05) is 152 Å². The Bertz CT molecular complexity index is 3410. The third-order valence-electron chi connectivity index (χ3n) is 11.1. The molecule has 0 aliphatic carbocycles. The Morgan fingerprint density at radius 2 is 0.789 bits per heavy atom. The standard InChI is InChI=1S/C51H30N4S2/c1-3-15-31(16-4-1)49-52-50(32-17-5-2-6-18-32)54-51(53-49)39-25-14-30-44-46(39)37-23-11-22-36(47(37)56-44)35-21-13-29-43-45(35)38-24-12-28-42(48(38)57-43)55-40-26-9-7-19-33(40)34-20-8-10-27-41(34)55/h1-30H. The second kappa shape index (κ2) is 12.8. The summed E-state index contributed by atoms with van der Waals surface area (Å²) in [4.78, 5) is 15.2.